The molecule has 1 aromatic heterocycles. The van der Waals surface area contributed by atoms with Crippen LogP contribution in [0.2, 0.25) is 0 Å². The number of nitrogens with two attached hydrogens (primary N) is 2. The number of amides is 1. The average molecular weight is 211 g/mol. The number of pyridine rings is 1. The number of carbonyl (C=O) groups is 1. The molecule has 0 saturated carbocycles. The lowest BCUT2D eigenvalue weighted by Crippen LogP contribution is -2.34. The molecule has 6 N–H and O–H groups in total. The van der Waals surface area contributed by atoms with Crippen molar-refractivity contribution in [2.45, 2.75) is 19.1 Å². The first-order chi connectivity index (χ1) is 6.93. The summed E-state index contributed by atoms with van der Waals surface area (Å²) in [7, 11) is 0. The number of hydrogen-bond donors (Lipinski definition) is 4. The summed E-state index contributed by atoms with van der Waals surface area (Å²) in [4.78, 5) is 14.5. The van der Waals surface area contributed by atoms with Crippen molar-refractivity contribution in [3.63, 3.8) is 0 Å². The molecule has 0 saturated heterocycles. The van der Waals surface area contributed by atoms with Gasteiger partial charge in [-0.25, -0.2) is 4.98 Å². The minimum Gasteiger partial charge on any atom is -0.385 e. The van der Waals surface area contributed by atoms with Crippen LogP contribution in [0.25, 0.3) is 0 Å². The van der Waals surface area contributed by atoms with Gasteiger partial charge in [0, 0.05) is 11.8 Å². The predicted molar refractivity (Wildman–Crippen MR) is 53.5 cm³/mol. The van der Waals surface area contributed by atoms with E-state index in [-0.39, 0.29) is 11.4 Å². The van der Waals surface area contributed by atoms with Crippen molar-refractivity contribution >= 4 is 11.7 Å². The van der Waals surface area contributed by atoms with E-state index >= 15 is 0 Å². The van der Waals surface area contributed by atoms with E-state index in [9.17, 15) is 15.0 Å². The first-order valence-electron chi connectivity index (χ1n) is 4.31. The summed E-state index contributed by atoms with van der Waals surface area (Å²) in [5, 5.41) is 18.8. The number of aryl methyl sites for hydroxylation is 1. The zero-order chi connectivity index (χ0) is 11.6. The number of aromatic nitrogens is 1. The second-order valence-corrected chi connectivity index (χ2v) is 3.28. The van der Waals surface area contributed by atoms with E-state index in [1.165, 1.54) is 6.20 Å². The van der Waals surface area contributed by atoms with Crippen molar-refractivity contribution < 1.29 is 15.0 Å². The second kappa shape index (κ2) is 4.24. The minimum absolute atomic E-state index is 0.0633. The van der Waals surface area contributed by atoms with Crippen LogP contribution in [0.5, 0.6) is 0 Å². The Labute approximate surface area is 86.5 Å². The molecule has 0 radical (unpaired) electrons. The summed E-state index contributed by atoms with van der Waals surface area (Å²) in [6.45, 7) is 1.75. The molecule has 6 heteroatoms. The van der Waals surface area contributed by atoms with Crippen molar-refractivity contribution in [1.29, 1.82) is 0 Å². The van der Waals surface area contributed by atoms with Gasteiger partial charge in [-0.3, -0.25) is 4.79 Å². The summed E-state index contributed by atoms with van der Waals surface area (Å²) < 4.78 is 0. The molecule has 0 fully saturated rings. The van der Waals surface area contributed by atoms with Crippen LogP contribution in [0.1, 0.15) is 17.2 Å². The Balaban J connectivity index is 3.04. The van der Waals surface area contributed by atoms with E-state index in [0.29, 0.717) is 0 Å². The fourth-order valence-corrected chi connectivity index (χ4v) is 1.16. The van der Waals surface area contributed by atoms with Gasteiger partial charge in [-0.1, -0.05) is 0 Å². The van der Waals surface area contributed by atoms with Gasteiger partial charge >= 0.3 is 0 Å². The Hall–Kier alpha value is -1.66. The normalized spacial score (nSPS) is 14.6. The first-order valence-corrected chi connectivity index (χ1v) is 4.31. The fraction of sp³-hybridized carbons (Fsp3) is 0.333. The van der Waals surface area contributed by atoms with Crippen molar-refractivity contribution in [2.24, 2.45) is 5.73 Å². The van der Waals surface area contributed by atoms with Gasteiger partial charge in [0.1, 0.15) is 11.9 Å². The summed E-state index contributed by atoms with van der Waals surface area (Å²) >= 11 is 0. The summed E-state index contributed by atoms with van der Waals surface area (Å²) in [6.07, 6.45) is -1.62. The maximum Gasteiger partial charge on any atom is 0.249 e. The number of carbonyl (C=O) groups excluding carboxylic acids is 1. The second-order valence-electron chi connectivity index (χ2n) is 3.28. The molecule has 1 aromatic rings. The van der Waals surface area contributed by atoms with E-state index in [1.54, 1.807) is 13.0 Å². The highest BCUT2D eigenvalue weighted by Gasteiger charge is 2.25. The molecule has 0 aromatic carbocycles. The minimum atomic E-state index is -1.68. The molecule has 82 valence electrons. The molecule has 0 bridgehead atoms. The van der Waals surface area contributed by atoms with E-state index in [2.05, 4.69) is 4.98 Å². The van der Waals surface area contributed by atoms with Crippen molar-refractivity contribution in [2.75, 3.05) is 5.73 Å². The predicted octanol–water partition coefficient (Wildman–Crippen LogP) is -1.15. The van der Waals surface area contributed by atoms with Crippen LogP contribution >= 0.6 is 0 Å². The molecule has 1 heterocycles. The highest BCUT2D eigenvalue weighted by Crippen LogP contribution is 2.22. The molecule has 1 rings (SSSR count). The summed E-state index contributed by atoms with van der Waals surface area (Å²) in [6, 6.07) is 1.54. The molecule has 2 atom stereocenters. The Kier molecular flexibility index (Phi) is 3.23. The molecule has 1 amide bonds. The van der Waals surface area contributed by atoms with E-state index in [4.69, 9.17) is 11.5 Å². The summed E-state index contributed by atoms with van der Waals surface area (Å²) in [5.74, 6) is -0.947. The van der Waals surface area contributed by atoms with Gasteiger partial charge in [-0.2, -0.15) is 0 Å². The van der Waals surface area contributed by atoms with Gasteiger partial charge in [0.15, 0.2) is 6.10 Å². The summed E-state index contributed by atoms with van der Waals surface area (Å²) in [5.41, 5.74) is 11.3. The average Bonchev–Trinajstić information content (AvgIpc) is 2.19. The van der Waals surface area contributed by atoms with Crippen LogP contribution < -0.4 is 11.5 Å². The van der Waals surface area contributed by atoms with Gasteiger partial charge in [0.05, 0.1) is 0 Å². The Morgan fingerprint density at radius 2 is 2.13 bits per heavy atom. The van der Waals surface area contributed by atoms with Crippen LogP contribution in [0, 0.1) is 6.92 Å². The quantitative estimate of drug-likeness (QED) is 0.503. The maximum atomic E-state index is 10.7. The van der Waals surface area contributed by atoms with Gasteiger partial charge < -0.3 is 21.7 Å². The highest BCUT2D eigenvalue weighted by atomic mass is 16.3. The molecule has 6 nitrogen and oxygen atoms in total. The van der Waals surface area contributed by atoms with Crippen molar-refractivity contribution in [1.82, 2.24) is 4.98 Å². The third-order valence-electron chi connectivity index (χ3n) is 2.00. The number of aliphatic hydroxyl groups is 2. The van der Waals surface area contributed by atoms with Crippen LogP contribution in [-0.4, -0.2) is 27.2 Å². The molecule has 0 spiro atoms. The number of aliphatic hydroxyl groups excluding tert-OH is 2. The Morgan fingerprint density at radius 3 is 2.67 bits per heavy atom. The van der Waals surface area contributed by atoms with E-state index in [1.807, 2.05) is 0 Å². The topological polar surface area (TPSA) is 122 Å². The lowest BCUT2D eigenvalue weighted by atomic mass is 10.0. The zero-order valence-corrected chi connectivity index (χ0v) is 8.21. The molecule has 0 aliphatic rings. The number of primary amides is 1. The smallest absolute Gasteiger partial charge is 0.249 e. The molecular formula is C9H13N3O3. The van der Waals surface area contributed by atoms with Gasteiger partial charge in [-0.05, 0) is 18.6 Å². The van der Waals surface area contributed by atoms with Crippen molar-refractivity contribution in [3.05, 3.63) is 23.4 Å². The van der Waals surface area contributed by atoms with Crippen LogP contribution in [-0.2, 0) is 4.79 Å². The van der Waals surface area contributed by atoms with Crippen LogP contribution in [0.4, 0.5) is 5.82 Å². The third-order valence-corrected chi connectivity index (χ3v) is 2.00. The number of anilines is 1. The maximum absolute atomic E-state index is 10.7. The van der Waals surface area contributed by atoms with Crippen LogP contribution in [0.3, 0.4) is 0 Å². The molecule has 15 heavy (non-hydrogen) atoms. The lowest BCUT2D eigenvalue weighted by molar-refractivity contribution is -0.131. The van der Waals surface area contributed by atoms with Crippen LogP contribution in [0.15, 0.2) is 12.3 Å². The highest BCUT2D eigenvalue weighted by molar-refractivity contribution is 5.79. The monoisotopic (exact) mass is 211 g/mol. The zero-order valence-electron chi connectivity index (χ0n) is 8.21. The van der Waals surface area contributed by atoms with E-state index in [0.717, 1.165) is 5.56 Å². The largest absolute Gasteiger partial charge is 0.385 e. The lowest BCUT2D eigenvalue weighted by Gasteiger charge is -2.16. The van der Waals surface area contributed by atoms with Gasteiger partial charge in [0.2, 0.25) is 5.91 Å². The molecule has 0 aliphatic carbocycles. The van der Waals surface area contributed by atoms with Gasteiger partial charge in [0.25, 0.3) is 0 Å². The Bertz CT molecular complexity index is 381. The van der Waals surface area contributed by atoms with Crippen molar-refractivity contribution in [3.8, 4) is 0 Å². The number of hydrogen-bond acceptors (Lipinski definition) is 5. The molecular weight excluding hydrogens is 198 g/mol. The van der Waals surface area contributed by atoms with E-state index < -0.39 is 18.1 Å². The number of rotatable bonds is 3. The third kappa shape index (κ3) is 2.42. The molecule has 2 unspecified atom stereocenters. The number of nitrogen functional groups attached to an aromatic ring is 1. The van der Waals surface area contributed by atoms with Gasteiger partial charge in [-0.15, -0.1) is 0 Å². The first kappa shape index (κ1) is 11.4. The fourth-order valence-electron chi connectivity index (χ4n) is 1.16. The number of nitrogens with zero attached hydrogens (tertiary/aromatic N) is 1. The standard InChI is InChI=1S/C9H13N3O3/c1-4-2-5(8(10)12-3-4)6(13)7(14)9(11)15/h2-3,6-7,13-14H,1H3,(H2,10,12)(H2,11,15). The Morgan fingerprint density at radius 1 is 1.53 bits per heavy atom. The SMILES string of the molecule is Cc1cnc(N)c(C(O)C(O)C(N)=O)c1. The molecule has 0 aliphatic heterocycles.